The van der Waals surface area contributed by atoms with Crippen LogP contribution in [-0.2, 0) is 10.0 Å². The Morgan fingerprint density at radius 1 is 1.19 bits per heavy atom. The molecule has 0 saturated heterocycles. The van der Waals surface area contributed by atoms with Gasteiger partial charge >= 0.3 is 0 Å². The van der Waals surface area contributed by atoms with E-state index in [9.17, 15) is 8.42 Å². The van der Waals surface area contributed by atoms with Gasteiger partial charge in [-0.25, -0.2) is 13.4 Å². The summed E-state index contributed by atoms with van der Waals surface area (Å²) < 4.78 is 33.3. The summed E-state index contributed by atoms with van der Waals surface area (Å²) in [5, 5.41) is 0. The Labute approximate surface area is 132 Å². The van der Waals surface area contributed by atoms with Crippen molar-refractivity contribution < 1.29 is 13.2 Å². The van der Waals surface area contributed by atoms with Crippen molar-refractivity contribution in [3.63, 3.8) is 0 Å². The summed E-state index contributed by atoms with van der Waals surface area (Å²) in [4.78, 5) is 4.32. The maximum Gasteiger partial charge on any atom is 0.263 e. The zero-order valence-corrected chi connectivity index (χ0v) is 14.2. The van der Waals surface area contributed by atoms with E-state index in [0.717, 1.165) is 0 Å². The van der Waals surface area contributed by atoms with Gasteiger partial charge in [0.25, 0.3) is 10.0 Å². The first-order chi connectivity index (χ1) is 9.83. The number of nitrogens with zero attached hydrogens (tertiary/aromatic N) is 1. The van der Waals surface area contributed by atoms with Gasteiger partial charge in [0.05, 0.1) is 12.0 Å². The molecule has 2 aromatic rings. The lowest BCUT2D eigenvalue weighted by Gasteiger charge is -2.14. The number of ether oxygens (including phenoxy) is 1. The normalized spacial score (nSPS) is 11.2. The number of aryl methyl sites for hydroxylation is 2. The summed E-state index contributed by atoms with van der Waals surface area (Å²) in [6, 6.07) is 8.41. The Balaban J connectivity index is 2.45. The van der Waals surface area contributed by atoms with Crippen LogP contribution in [0.4, 0.5) is 5.82 Å². The highest BCUT2D eigenvalue weighted by atomic mass is 79.9. The number of anilines is 1. The predicted molar refractivity (Wildman–Crippen MR) is 85.2 cm³/mol. The second-order valence-electron chi connectivity index (χ2n) is 4.54. The zero-order chi connectivity index (χ0) is 15.6. The lowest BCUT2D eigenvalue weighted by molar-refractivity contribution is 0.413. The molecule has 0 bridgehead atoms. The molecule has 0 amide bonds. The number of pyridine rings is 1. The van der Waals surface area contributed by atoms with Crippen molar-refractivity contribution in [3.05, 3.63) is 46.1 Å². The van der Waals surface area contributed by atoms with Crippen molar-refractivity contribution in [3.8, 4) is 5.75 Å². The molecule has 0 unspecified atom stereocenters. The number of rotatable bonds is 4. The van der Waals surface area contributed by atoms with Crippen molar-refractivity contribution >= 4 is 31.8 Å². The van der Waals surface area contributed by atoms with Crippen LogP contribution in [0.15, 0.2) is 39.8 Å². The van der Waals surface area contributed by atoms with E-state index in [2.05, 4.69) is 25.6 Å². The molecule has 1 N–H and O–H groups in total. The average Bonchev–Trinajstić information content (AvgIpc) is 2.36. The van der Waals surface area contributed by atoms with Crippen LogP contribution in [0.25, 0.3) is 0 Å². The summed E-state index contributed by atoms with van der Waals surface area (Å²) in [6.07, 6.45) is 0. The molecule has 0 radical (unpaired) electrons. The van der Waals surface area contributed by atoms with E-state index >= 15 is 0 Å². The molecule has 0 aliphatic rings. The Morgan fingerprint density at radius 3 is 2.33 bits per heavy atom. The molecule has 7 heteroatoms. The fourth-order valence-electron chi connectivity index (χ4n) is 2.11. The Bertz CT molecular complexity index is 753. The van der Waals surface area contributed by atoms with E-state index in [1.54, 1.807) is 51.3 Å². The minimum Gasteiger partial charge on any atom is -0.497 e. The van der Waals surface area contributed by atoms with Crippen molar-refractivity contribution in [2.75, 3.05) is 11.8 Å². The number of methoxy groups -OCH3 is 1. The van der Waals surface area contributed by atoms with E-state index in [-0.39, 0.29) is 10.7 Å². The van der Waals surface area contributed by atoms with Crippen LogP contribution in [0.5, 0.6) is 5.75 Å². The molecule has 1 heterocycles. The molecule has 21 heavy (non-hydrogen) atoms. The number of hydrogen-bond acceptors (Lipinski definition) is 4. The van der Waals surface area contributed by atoms with Crippen LogP contribution in [0.2, 0.25) is 0 Å². The van der Waals surface area contributed by atoms with Gasteiger partial charge in [0.2, 0.25) is 0 Å². The molecule has 112 valence electrons. The summed E-state index contributed by atoms with van der Waals surface area (Å²) >= 11 is 3.21. The second kappa shape index (κ2) is 6.03. The minimum absolute atomic E-state index is 0.241. The SMILES string of the molecule is COc1cc(C)c(S(=O)(=O)Nc2cccc(Br)n2)c(C)c1. The van der Waals surface area contributed by atoms with Crippen molar-refractivity contribution in [2.24, 2.45) is 0 Å². The minimum atomic E-state index is -3.71. The van der Waals surface area contributed by atoms with E-state index in [1.807, 2.05) is 0 Å². The van der Waals surface area contributed by atoms with Crippen LogP contribution < -0.4 is 9.46 Å². The third-order valence-electron chi connectivity index (χ3n) is 2.89. The summed E-state index contributed by atoms with van der Waals surface area (Å²) in [5.41, 5.74) is 1.24. The van der Waals surface area contributed by atoms with Gasteiger partial charge < -0.3 is 4.74 Å². The van der Waals surface area contributed by atoms with Crippen LogP contribution in [0, 0.1) is 13.8 Å². The molecule has 0 atom stereocenters. The third-order valence-corrected chi connectivity index (χ3v) is 4.99. The quantitative estimate of drug-likeness (QED) is 0.838. The number of hydrogen-bond donors (Lipinski definition) is 1. The third kappa shape index (κ3) is 3.54. The fourth-order valence-corrected chi connectivity index (χ4v) is 3.91. The van der Waals surface area contributed by atoms with Crippen molar-refractivity contribution in [1.82, 2.24) is 4.98 Å². The van der Waals surface area contributed by atoms with E-state index in [0.29, 0.717) is 21.5 Å². The maximum atomic E-state index is 12.5. The first-order valence-electron chi connectivity index (χ1n) is 6.14. The number of nitrogens with one attached hydrogen (secondary N) is 1. The summed E-state index contributed by atoms with van der Waals surface area (Å²) in [5.74, 6) is 0.892. The Hall–Kier alpha value is -1.60. The first-order valence-corrected chi connectivity index (χ1v) is 8.42. The van der Waals surface area contributed by atoms with Crippen LogP contribution in [-0.4, -0.2) is 20.5 Å². The molecule has 1 aromatic carbocycles. The summed E-state index contributed by atoms with van der Waals surface area (Å²) in [7, 11) is -2.16. The molecule has 0 aliphatic carbocycles. The second-order valence-corrected chi connectivity index (χ2v) is 6.97. The van der Waals surface area contributed by atoms with Gasteiger partial charge in [-0.15, -0.1) is 0 Å². The van der Waals surface area contributed by atoms with Gasteiger partial charge in [0.1, 0.15) is 16.2 Å². The molecule has 5 nitrogen and oxygen atoms in total. The van der Waals surface area contributed by atoms with E-state index in [1.165, 1.54) is 0 Å². The van der Waals surface area contributed by atoms with Gasteiger partial charge in [-0.1, -0.05) is 6.07 Å². The molecular weight excluding hydrogens is 356 g/mol. The van der Waals surface area contributed by atoms with Crippen LogP contribution in [0.1, 0.15) is 11.1 Å². The topological polar surface area (TPSA) is 68.3 Å². The monoisotopic (exact) mass is 370 g/mol. The van der Waals surface area contributed by atoms with Gasteiger partial charge in [-0.05, 0) is 65.2 Å². The van der Waals surface area contributed by atoms with Gasteiger partial charge in [-0.2, -0.15) is 0 Å². The number of aromatic nitrogens is 1. The van der Waals surface area contributed by atoms with Crippen molar-refractivity contribution in [1.29, 1.82) is 0 Å². The van der Waals surface area contributed by atoms with Crippen LogP contribution in [0.3, 0.4) is 0 Å². The lowest BCUT2D eigenvalue weighted by Crippen LogP contribution is -2.16. The van der Waals surface area contributed by atoms with E-state index in [4.69, 9.17) is 4.74 Å². The maximum absolute atomic E-state index is 12.5. The zero-order valence-electron chi connectivity index (χ0n) is 11.8. The Kier molecular flexibility index (Phi) is 4.53. The molecule has 0 fully saturated rings. The lowest BCUT2D eigenvalue weighted by atomic mass is 10.1. The smallest absolute Gasteiger partial charge is 0.263 e. The molecule has 1 aromatic heterocycles. The number of halogens is 1. The molecule has 0 saturated carbocycles. The van der Waals surface area contributed by atoms with Gasteiger partial charge in [0.15, 0.2) is 0 Å². The molecule has 0 aliphatic heterocycles. The predicted octanol–water partition coefficient (Wildman–Crippen LogP) is 3.27. The fraction of sp³-hybridized carbons (Fsp3) is 0.214. The average molecular weight is 371 g/mol. The van der Waals surface area contributed by atoms with E-state index < -0.39 is 10.0 Å². The molecule has 0 spiro atoms. The highest BCUT2D eigenvalue weighted by Crippen LogP contribution is 2.27. The molecular formula is C14H15BrN2O3S. The first kappa shape index (κ1) is 15.8. The number of sulfonamides is 1. The Morgan fingerprint density at radius 2 is 1.81 bits per heavy atom. The largest absolute Gasteiger partial charge is 0.497 e. The number of benzene rings is 1. The van der Waals surface area contributed by atoms with Gasteiger partial charge in [0, 0.05) is 0 Å². The van der Waals surface area contributed by atoms with Gasteiger partial charge in [-0.3, -0.25) is 4.72 Å². The van der Waals surface area contributed by atoms with Crippen LogP contribution >= 0.6 is 15.9 Å². The highest BCUT2D eigenvalue weighted by Gasteiger charge is 2.21. The highest BCUT2D eigenvalue weighted by molar-refractivity contribution is 9.10. The summed E-state index contributed by atoms with van der Waals surface area (Å²) in [6.45, 7) is 3.47. The standard InChI is InChI=1S/C14H15BrN2O3S/c1-9-7-11(20-3)8-10(2)14(9)21(18,19)17-13-6-4-5-12(15)16-13/h4-8H,1-3H3,(H,16,17). The van der Waals surface area contributed by atoms with Crippen molar-refractivity contribution in [2.45, 2.75) is 18.7 Å². The molecule has 2 rings (SSSR count).